The zero-order valence-electron chi connectivity index (χ0n) is 13.8. The number of hydrogen-bond acceptors (Lipinski definition) is 4. The molecule has 0 saturated heterocycles. The van der Waals surface area contributed by atoms with Crippen LogP contribution in [-0.2, 0) is 4.79 Å². The predicted octanol–water partition coefficient (Wildman–Crippen LogP) is 1.56. The van der Waals surface area contributed by atoms with Crippen LogP contribution < -0.4 is 10.6 Å². The lowest BCUT2D eigenvalue weighted by Crippen LogP contribution is -2.51. The summed E-state index contributed by atoms with van der Waals surface area (Å²) in [6.45, 7) is 9.50. The molecule has 0 spiro atoms. The molecular weight excluding hydrogens is 284 g/mol. The summed E-state index contributed by atoms with van der Waals surface area (Å²) in [6.07, 6.45) is 0.740. The van der Waals surface area contributed by atoms with E-state index in [1.165, 1.54) is 12.3 Å². The zero-order valence-corrected chi connectivity index (χ0v) is 13.8. The third kappa shape index (κ3) is 5.18. The van der Waals surface area contributed by atoms with Gasteiger partial charge in [0.15, 0.2) is 5.76 Å². The summed E-state index contributed by atoms with van der Waals surface area (Å²) in [6, 6.07) is 2.46. The van der Waals surface area contributed by atoms with E-state index >= 15 is 0 Å². The molecule has 2 amide bonds. The molecule has 2 atom stereocenters. The number of nitrogens with one attached hydrogen (secondary N) is 2. The SMILES string of the molecule is CC(C)C(NC(=O)c1ccco1)C(=O)NCC(O)C(C)(C)C. The van der Waals surface area contributed by atoms with Crippen LogP contribution in [0.2, 0.25) is 0 Å². The first-order valence-corrected chi connectivity index (χ1v) is 7.43. The van der Waals surface area contributed by atoms with E-state index in [2.05, 4.69) is 10.6 Å². The van der Waals surface area contributed by atoms with Crippen LogP contribution in [0, 0.1) is 11.3 Å². The quantitative estimate of drug-likeness (QED) is 0.743. The van der Waals surface area contributed by atoms with Crippen molar-refractivity contribution in [3.63, 3.8) is 0 Å². The Morgan fingerprint density at radius 1 is 1.32 bits per heavy atom. The highest BCUT2D eigenvalue weighted by molar-refractivity contribution is 5.95. The van der Waals surface area contributed by atoms with E-state index < -0.39 is 18.1 Å². The summed E-state index contributed by atoms with van der Waals surface area (Å²) in [5, 5.41) is 15.3. The number of rotatable bonds is 6. The highest BCUT2D eigenvalue weighted by atomic mass is 16.3. The summed E-state index contributed by atoms with van der Waals surface area (Å²) in [5.74, 6) is -0.688. The number of aliphatic hydroxyl groups is 1. The lowest BCUT2D eigenvalue weighted by atomic mass is 9.89. The Labute approximate surface area is 131 Å². The third-order valence-corrected chi connectivity index (χ3v) is 3.45. The van der Waals surface area contributed by atoms with Crippen LogP contribution in [0.4, 0.5) is 0 Å². The van der Waals surface area contributed by atoms with Crippen LogP contribution in [-0.4, -0.2) is 35.6 Å². The Balaban J connectivity index is 2.63. The van der Waals surface area contributed by atoms with Gasteiger partial charge in [-0.25, -0.2) is 0 Å². The molecule has 0 aliphatic heterocycles. The Bertz CT molecular complexity index is 489. The van der Waals surface area contributed by atoms with Crippen molar-refractivity contribution in [2.24, 2.45) is 11.3 Å². The number of aliphatic hydroxyl groups excluding tert-OH is 1. The molecule has 1 aromatic heterocycles. The predicted molar refractivity (Wildman–Crippen MR) is 83.3 cm³/mol. The van der Waals surface area contributed by atoms with Crippen LogP contribution in [0.5, 0.6) is 0 Å². The Morgan fingerprint density at radius 2 is 1.95 bits per heavy atom. The molecular formula is C16H26N2O4. The van der Waals surface area contributed by atoms with E-state index in [0.717, 1.165) is 0 Å². The Kier molecular flexibility index (Phi) is 6.17. The average molecular weight is 310 g/mol. The van der Waals surface area contributed by atoms with Crippen LogP contribution in [0.3, 0.4) is 0 Å². The summed E-state index contributed by atoms with van der Waals surface area (Å²) in [4.78, 5) is 24.2. The van der Waals surface area contributed by atoms with E-state index in [1.807, 2.05) is 34.6 Å². The maximum Gasteiger partial charge on any atom is 0.287 e. The molecule has 1 heterocycles. The number of amides is 2. The molecule has 0 radical (unpaired) electrons. The molecule has 0 aliphatic carbocycles. The van der Waals surface area contributed by atoms with Gasteiger partial charge in [-0.2, -0.15) is 0 Å². The standard InChI is InChI=1S/C16H26N2O4/c1-10(2)13(18-14(20)11-7-6-8-22-11)15(21)17-9-12(19)16(3,4)5/h6-8,10,12-13,19H,9H2,1-5H3,(H,17,21)(H,18,20). The lowest BCUT2D eigenvalue weighted by molar-refractivity contribution is -0.124. The number of carbonyl (C=O) groups excluding carboxylic acids is 2. The average Bonchev–Trinajstić information content (AvgIpc) is 2.94. The second kappa shape index (κ2) is 7.45. The summed E-state index contributed by atoms with van der Waals surface area (Å²) < 4.78 is 5.01. The first-order valence-electron chi connectivity index (χ1n) is 7.43. The van der Waals surface area contributed by atoms with Gasteiger partial charge in [0.05, 0.1) is 12.4 Å². The van der Waals surface area contributed by atoms with Gasteiger partial charge in [0.1, 0.15) is 6.04 Å². The van der Waals surface area contributed by atoms with Crippen molar-refractivity contribution in [2.75, 3.05) is 6.54 Å². The minimum absolute atomic E-state index is 0.0920. The van der Waals surface area contributed by atoms with Crippen LogP contribution in [0.1, 0.15) is 45.2 Å². The molecule has 22 heavy (non-hydrogen) atoms. The first-order chi connectivity index (χ1) is 10.1. The van der Waals surface area contributed by atoms with Gasteiger partial charge in [-0.3, -0.25) is 9.59 Å². The molecule has 1 aromatic rings. The van der Waals surface area contributed by atoms with Gasteiger partial charge in [-0.1, -0.05) is 34.6 Å². The Morgan fingerprint density at radius 3 is 2.41 bits per heavy atom. The molecule has 0 saturated carbocycles. The van der Waals surface area contributed by atoms with Crippen LogP contribution in [0.15, 0.2) is 22.8 Å². The molecule has 1 rings (SSSR count). The molecule has 6 heteroatoms. The molecule has 0 fully saturated rings. The third-order valence-electron chi connectivity index (χ3n) is 3.45. The Hall–Kier alpha value is -1.82. The summed E-state index contributed by atoms with van der Waals surface area (Å²) >= 11 is 0. The van der Waals surface area contributed by atoms with Gasteiger partial charge in [-0.05, 0) is 23.5 Å². The maximum absolute atomic E-state index is 12.3. The molecule has 0 aliphatic rings. The maximum atomic E-state index is 12.3. The van der Waals surface area contributed by atoms with E-state index in [1.54, 1.807) is 6.07 Å². The van der Waals surface area contributed by atoms with E-state index in [4.69, 9.17) is 4.42 Å². The molecule has 0 aromatic carbocycles. The van der Waals surface area contributed by atoms with Gasteiger partial charge < -0.3 is 20.2 Å². The number of carbonyl (C=O) groups is 2. The van der Waals surface area contributed by atoms with Crippen molar-refractivity contribution in [3.05, 3.63) is 24.2 Å². The van der Waals surface area contributed by atoms with E-state index in [9.17, 15) is 14.7 Å². The normalized spacial score (nSPS) is 14.5. The van der Waals surface area contributed by atoms with E-state index in [0.29, 0.717) is 0 Å². The molecule has 0 bridgehead atoms. The lowest BCUT2D eigenvalue weighted by Gasteiger charge is -2.27. The molecule has 6 nitrogen and oxygen atoms in total. The van der Waals surface area contributed by atoms with E-state index in [-0.39, 0.29) is 29.5 Å². The minimum Gasteiger partial charge on any atom is -0.459 e. The van der Waals surface area contributed by atoms with Gasteiger partial charge in [0.25, 0.3) is 5.91 Å². The fourth-order valence-electron chi connectivity index (χ4n) is 1.77. The fraction of sp³-hybridized carbons (Fsp3) is 0.625. The second-order valence-electron chi connectivity index (χ2n) is 6.80. The van der Waals surface area contributed by atoms with Crippen molar-refractivity contribution in [1.29, 1.82) is 0 Å². The first kappa shape index (κ1) is 18.2. The minimum atomic E-state index is -0.690. The van der Waals surface area contributed by atoms with Gasteiger partial charge in [0, 0.05) is 6.54 Å². The van der Waals surface area contributed by atoms with Gasteiger partial charge in [0.2, 0.25) is 5.91 Å². The highest BCUT2D eigenvalue weighted by Crippen LogP contribution is 2.18. The van der Waals surface area contributed by atoms with Gasteiger partial charge >= 0.3 is 0 Å². The largest absolute Gasteiger partial charge is 0.459 e. The molecule has 124 valence electrons. The smallest absolute Gasteiger partial charge is 0.287 e. The van der Waals surface area contributed by atoms with Crippen molar-refractivity contribution in [1.82, 2.24) is 10.6 Å². The van der Waals surface area contributed by atoms with Crippen LogP contribution >= 0.6 is 0 Å². The molecule has 2 unspecified atom stereocenters. The number of hydrogen-bond donors (Lipinski definition) is 3. The second-order valence-corrected chi connectivity index (χ2v) is 6.80. The van der Waals surface area contributed by atoms with Crippen molar-refractivity contribution >= 4 is 11.8 Å². The monoisotopic (exact) mass is 310 g/mol. The van der Waals surface area contributed by atoms with Crippen molar-refractivity contribution in [3.8, 4) is 0 Å². The van der Waals surface area contributed by atoms with Crippen LogP contribution in [0.25, 0.3) is 0 Å². The molecule has 3 N–H and O–H groups in total. The van der Waals surface area contributed by atoms with Gasteiger partial charge in [-0.15, -0.1) is 0 Å². The summed E-state index contributed by atoms with van der Waals surface area (Å²) in [7, 11) is 0. The highest BCUT2D eigenvalue weighted by Gasteiger charge is 2.28. The van der Waals surface area contributed by atoms with Crippen molar-refractivity contribution in [2.45, 2.75) is 46.8 Å². The fourth-order valence-corrected chi connectivity index (χ4v) is 1.77. The summed E-state index contributed by atoms with van der Waals surface area (Å²) in [5.41, 5.74) is -0.321. The van der Waals surface area contributed by atoms with Crippen molar-refractivity contribution < 1.29 is 19.1 Å². The zero-order chi connectivity index (χ0) is 16.9. The topological polar surface area (TPSA) is 91.6 Å². The number of furan rings is 1.